The van der Waals surface area contributed by atoms with Crippen molar-refractivity contribution in [3.63, 3.8) is 0 Å². The molecule has 2 fully saturated rings. The summed E-state index contributed by atoms with van der Waals surface area (Å²) >= 11 is 0. The van der Waals surface area contributed by atoms with Gasteiger partial charge in [-0.1, -0.05) is 13.8 Å². The molecule has 3 rings (SSSR count). The number of aryl methyl sites for hydroxylation is 2. The molecule has 0 bridgehead atoms. The van der Waals surface area contributed by atoms with Crippen LogP contribution in [0.15, 0.2) is 9.41 Å². The van der Waals surface area contributed by atoms with E-state index in [1.165, 1.54) is 19.3 Å². The summed E-state index contributed by atoms with van der Waals surface area (Å²) in [4.78, 5) is 16.6. The third-order valence-electron chi connectivity index (χ3n) is 6.69. The van der Waals surface area contributed by atoms with Crippen molar-refractivity contribution in [1.29, 1.82) is 0 Å². The number of hydrogen-bond acceptors (Lipinski definition) is 5. The average molecular weight is 405 g/mol. The van der Waals surface area contributed by atoms with E-state index in [0.717, 1.165) is 75.7 Å². The first-order valence-electron chi connectivity index (χ1n) is 11.4. The van der Waals surface area contributed by atoms with Crippen LogP contribution in [-0.2, 0) is 6.54 Å². The van der Waals surface area contributed by atoms with Gasteiger partial charge >= 0.3 is 0 Å². The number of aromatic nitrogens is 1. The summed E-state index contributed by atoms with van der Waals surface area (Å²) in [7, 11) is 1.91. The lowest BCUT2D eigenvalue weighted by Crippen LogP contribution is -2.45. The number of oxazole rings is 1. The molecule has 29 heavy (non-hydrogen) atoms. The van der Waals surface area contributed by atoms with Crippen molar-refractivity contribution in [1.82, 2.24) is 25.0 Å². The van der Waals surface area contributed by atoms with Crippen LogP contribution in [0.1, 0.15) is 50.5 Å². The Hall–Kier alpha value is -1.60. The molecule has 0 aromatic carbocycles. The second-order valence-corrected chi connectivity index (χ2v) is 8.51. The molecule has 0 radical (unpaired) electrons. The zero-order valence-electron chi connectivity index (χ0n) is 19.1. The van der Waals surface area contributed by atoms with E-state index in [-0.39, 0.29) is 0 Å². The monoisotopic (exact) mass is 404 g/mol. The molecule has 0 aliphatic carbocycles. The molecule has 2 aliphatic heterocycles. The predicted octanol–water partition coefficient (Wildman–Crippen LogP) is 2.49. The van der Waals surface area contributed by atoms with Crippen LogP contribution >= 0.6 is 0 Å². The van der Waals surface area contributed by atoms with Crippen LogP contribution in [-0.4, -0.2) is 84.5 Å². The van der Waals surface area contributed by atoms with E-state index in [2.05, 4.69) is 43.8 Å². The SMILES string of the molecule is CCN(CC)C1CCN(C(=NC)NCC2CCN(Cc3nc(C)c(C)o3)CC2)C1. The highest BCUT2D eigenvalue weighted by Gasteiger charge is 2.28. The largest absolute Gasteiger partial charge is 0.444 e. The molecule has 0 saturated carbocycles. The van der Waals surface area contributed by atoms with Crippen molar-refractivity contribution in [2.24, 2.45) is 10.9 Å². The number of likely N-dealkylation sites (tertiary alicyclic amines) is 2. The third kappa shape index (κ3) is 5.72. The summed E-state index contributed by atoms with van der Waals surface area (Å²) in [5, 5.41) is 3.66. The van der Waals surface area contributed by atoms with Crippen LogP contribution in [0, 0.1) is 19.8 Å². The van der Waals surface area contributed by atoms with Crippen molar-refractivity contribution in [2.45, 2.75) is 59.5 Å². The smallest absolute Gasteiger partial charge is 0.208 e. The molecule has 0 amide bonds. The van der Waals surface area contributed by atoms with Gasteiger partial charge in [-0.2, -0.15) is 0 Å². The highest BCUT2D eigenvalue weighted by molar-refractivity contribution is 5.80. The van der Waals surface area contributed by atoms with Gasteiger partial charge in [-0.15, -0.1) is 0 Å². The van der Waals surface area contributed by atoms with Gasteiger partial charge in [-0.25, -0.2) is 4.98 Å². The average Bonchev–Trinajstić information content (AvgIpc) is 3.32. The minimum Gasteiger partial charge on any atom is -0.444 e. The summed E-state index contributed by atoms with van der Waals surface area (Å²) in [6, 6.07) is 0.661. The number of piperidine rings is 1. The first-order chi connectivity index (χ1) is 14.0. The summed E-state index contributed by atoms with van der Waals surface area (Å²) in [5.41, 5.74) is 1.01. The zero-order valence-corrected chi connectivity index (χ0v) is 19.1. The number of guanidine groups is 1. The van der Waals surface area contributed by atoms with Crippen molar-refractivity contribution in [3.05, 3.63) is 17.3 Å². The highest BCUT2D eigenvalue weighted by atomic mass is 16.4. The third-order valence-corrected chi connectivity index (χ3v) is 6.69. The van der Waals surface area contributed by atoms with Gasteiger partial charge in [-0.05, 0) is 65.2 Å². The zero-order chi connectivity index (χ0) is 20.8. The Kier molecular flexibility index (Phi) is 7.95. The summed E-state index contributed by atoms with van der Waals surface area (Å²) in [6.07, 6.45) is 3.66. The number of aliphatic imine (C=N–C) groups is 1. The van der Waals surface area contributed by atoms with E-state index in [4.69, 9.17) is 4.42 Å². The van der Waals surface area contributed by atoms with E-state index >= 15 is 0 Å². The number of likely N-dealkylation sites (N-methyl/N-ethyl adjacent to an activating group) is 1. The van der Waals surface area contributed by atoms with E-state index < -0.39 is 0 Å². The van der Waals surface area contributed by atoms with E-state index in [9.17, 15) is 0 Å². The van der Waals surface area contributed by atoms with E-state index in [1.807, 2.05) is 20.9 Å². The lowest BCUT2D eigenvalue weighted by Gasteiger charge is -2.32. The number of nitrogens with one attached hydrogen (secondary N) is 1. The molecule has 7 heteroatoms. The Bertz CT molecular complexity index is 641. The summed E-state index contributed by atoms with van der Waals surface area (Å²) < 4.78 is 5.75. The minimum absolute atomic E-state index is 0.661. The molecule has 2 saturated heterocycles. The fraction of sp³-hybridized carbons (Fsp3) is 0.818. The van der Waals surface area contributed by atoms with Gasteiger partial charge < -0.3 is 14.6 Å². The number of nitrogens with zero attached hydrogens (tertiary/aromatic N) is 5. The van der Waals surface area contributed by atoms with Crippen LogP contribution in [0.25, 0.3) is 0 Å². The second-order valence-electron chi connectivity index (χ2n) is 8.51. The molecule has 7 nitrogen and oxygen atoms in total. The normalized spacial score (nSPS) is 22.1. The van der Waals surface area contributed by atoms with Gasteiger partial charge in [0.05, 0.1) is 12.2 Å². The van der Waals surface area contributed by atoms with Crippen molar-refractivity contribution < 1.29 is 4.42 Å². The molecule has 1 atom stereocenters. The van der Waals surface area contributed by atoms with Crippen molar-refractivity contribution in [2.75, 3.05) is 52.9 Å². The molecule has 1 aromatic heterocycles. The fourth-order valence-electron chi connectivity index (χ4n) is 4.69. The fourth-order valence-corrected chi connectivity index (χ4v) is 4.69. The Balaban J connectivity index is 1.40. The first-order valence-corrected chi connectivity index (χ1v) is 11.4. The van der Waals surface area contributed by atoms with Crippen molar-refractivity contribution >= 4 is 5.96 Å². The molecule has 1 unspecified atom stereocenters. The summed E-state index contributed by atoms with van der Waals surface area (Å²) in [5.74, 6) is 3.58. The Morgan fingerprint density at radius 3 is 2.48 bits per heavy atom. The lowest BCUT2D eigenvalue weighted by atomic mass is 9.97. The van der Waals surface area contributed by atoms with Gasteiger partial charge in [0.2, 0.25) is 5.89 Å². The Morgan fingerprint density at radius 2 is 1.90 bits per heavy atom. The standard InChI is InChI=1S/C22H40N6O/c1-6-27(7-2)20-10-13-28(15-20)22(23-5)24-14-19-8-11-26(12-9-19)16-21-25-17(3)18(4)29-21/h19-20H,6-16H2,1-5H3,(H,23,24). The molecule has 3 heterocycles. The van der Waals surface area contributed by atoms with Crippen LogP contribution in [0.2, 0.25) is 0 Å². The molecular formula is C22H40N6O. The predicted molar refractivity (Wildman–Crippen MR) is 118 cm³/mol. The van der Waals surface area contributed by atoms with Gasteiger partial charge in [0, 0.05) is 32.7 Å². The van der Waals surface area contributed by atoms with Gasteiger partial charge in [0.1, 0.15) is 5.76 Å². The molecule has 2 aliphatic rings. The molecular weight excluding hydrogens is 364 g/mol. The summed E-state index contributed by atoms with van der Waals surface area (Å²) in [6.45, 7) is 17.0. The Morgan fingerprint density at radius 1 is 1.17 bits per heavy atom. The highest BCUT2D eigenvalue weighted by Crippen LogP contribution is 2.20. The molecule has 1 N–H and O–H groups in total. The second kappa shape index (κ2) is 10.4. The van der Waals surface area contributed by atoms with Crippen LogP contribution < -0.4 is 5.32 Å². The van der Waals surface area contributed by atoms with E-state index in [1.54, 1.807) is 0 Å². The topological polar surface area (TPSA) is 60.1 Å². The van der Waals surface area contributed by atoms with Crippen LogP contribution in [0.5, 0.6) is 0 Å². The Labute approximate surface area is 176 Å². The maximum absolute atomic E-state index is 5.75. The first kappa shape index (κ1) is 22.1. The number of rotatable bonds is 7. The quantitative estimate of drug-likeness (QED) is 0.557. The molecule has 0 spiro atoms. The van der Waals surface area contributed by atoms with Crippen molar-refractivity contribution in [3.8, 4) is 0 Å². The lowest BCUT2D eigenvalue weighted by molar-refractivity contribution is 0.163. The van der Waals surface area contributed by atoms with Gasteiger partial charge in [0.25, 0.3) is 0 Å². The molecule has 164 valence electrons. The number of hydrogen-bond donors (Lipinski definition) is 1. The maximum Gasteiger partial charge on any atom is 0.208 e. The maximum atomic E-state index is 5.75. The van der Waals surface area contributed by atoms with Crippen LogP contribution in [0.3, 0.4) is 0 Å². The minimum atomic E-state index is 0.661. The van der Waals surface area contributed by atoms with Gasteiger partial charge in [-0.3, -0.25) is 14.8 Å². The molecule has 1 aromatic rings. The van der Waals surface area contributed by atoms with E-state index in [0.29, 0.717) is 12.0 Å². The van der Waals surface area contributed by atoms with Crippen LogP contribution in [0.4, 0.5) is 0 Å². The van der Waals surface area contributed by atoms with Gasteiger partial charge in [0.15, 0.2) is 5.96 Å².